The van der Waals surface area contributed by atoms with Gasteiger partial charge in [0.15, 0.2) is 5.82 Å². The predicted octanol–water partition coefficient (Wildman–Crippen LogP) is 3.04. The van der Waals surface area contributed by atoms with Crippen molar-refractivity contribution in [3.63, 3.8) is 0 Å². The zero-order chi connectivity index (χ0) is 13.2. The van der Waals surface area contributed by atoms with Crippen LogP contribution in [-0.4, -0.2) is 17.2 Å². The SMILES string of the molecule is CC(C)NC(=O)Nc1cc(C2(C)CCCC2)on1. The molecule has 18 heavy (non-hydrogen) atoms. The van der Waals surface area contributed by atoms with Crippen LogP contribution >= 0.6 is 0 Å². The molecule has 2 N–H and O–H groups in total. The Morgan fingerprint density at radius 1 is 1.44 bits per heavy atom. The van der Waals surface area contributed by atoms with E-state index in [0.29, 0.717) is 5.82 Å². The summed E-state index contributed by atoms with van der Waals surface area (Å²) in [5.74, 6) is 1.36. The van der Waals surface area contributed by atoms with Crippen LogP contribution in [0.5, 0.6) is 0 Å². The van der Waals surface area contributed by atoms with Crippen molar-refractivity contribution in [3.8, 4) is 0 Å². The van der Waals surface area contributed by atoms with E-state index in [1.54, 1.807) is 0 Å². The highest BCUT2D eigenvalue weighted by molar-refractivity contribution is 5.88. The molecule has 0 saturated heterocycles. The summed E-state index contributed by atoms with van der Waals surface area (Å²) in [6, 6.07) is 1.69. The van der Waals surface area contributed by atoms with Crippen molar-refractivity contribution < 1.29 is 9.32 Å². The minimum Gasteiger partial charge on any atom is -0.359 e. The van der Waals surface area contributed by atoms with Crippen LogP contribution in [0.25, 0.3) is 0 Å². The topological polar surface area (TPSA) is 67.2 Å². The van der Waals surface area contributed by atoms with E-state index in [-0.39, 0.29) is 17.5 Å². The van der Waals surface area contributed by atoms with Crippen LogP contribution in [0.1, 0.15) is 52.2 Å². The third-order valence-electron chi connectivity index (χ3n) is 3.47. The second kappa shape index (κ2) is 5.00. The maximum atomic E-state index is 11.5. The van der Waals surface area contributed by atoms with Gasteiger partial charge in [0.05, 0.1) is 0 Å². The molecule has 0 radical (unpaired) electrons. The fourth-order valence-corrected chi connectivity index (χ4v) is 2.43. The van der Waals surface area contributed by atoms with Crippen molar-refractivity contribution in [1.29, 1.82) is 0 Å². The number of urea groups is 1. The van der Waals surface area contributed by atoms with Crippen molar-refractivity contribution in [2.45, 2.75) is 57.9 Å². The monoisotopic (exact) mass is 251 g/mol. The molecule has 2 amide bonds. The first-order valence-corrected chi connectivity index (χ1v) is 6.54. The van der Waals surface area contributed by atoms with Crippen LogP contribution in [0.3, 0.4) is 0 Å². The minimum absolute atomic E-state index is 0.0848. The quantitative estimate of drug-likeness (QED) is 0.867. The summed E-state index contributed by atoms with van der Waals surface area (Å²) in [6.07, 6.45) is 4.71. The number of hydrogen-bond donors (Lipinski definition) is 2. The predicted molar refractivity (Wildman–Crippen MR) is 69.6 cm³/mol. The van der Waals surface area contributed by atoms with Gasteiger partial charge in [-0.1, -0.05) is 24.9 Å². The Balaban J connectivity index is 2.00. The molecule has 1 aromatic rings. The highest BCUT2D eigenvalue weighted by Crippen LogP contribution is 2.41. The van der Waals surface area contributed by atoms with E-state index in [1.165, 1.54) is 12.8 Å². The number of anilines is 1. The Labute approximate surface area is 107 Å². The Morgan fingerprint density at radius 2 is 2.11 bits per heavy atom. The highest BCUT2D eigenvalue weighted by Gasteiger charge is 2.34. The molecule has 0 aromatic carbocycles. The molecule has 5 heteroatoms. The number of carbonyl (C=O) groups excluding carboxylic acids is 1. The van der Waals surface area contributed by atoms with Crippen LogP contribution in [-0.2, 0) is 5.41 Å². The van der Waals surface area contributed by atoms with Crippen molar-refractivity contribution in [1.82, 2.24) is 10.5 Å². The van der Waals surface area contributed by atoms with Gasteiger partial charge in [-0.3, -0.25) is 5.32 Å². The van der Waals surface area contributed by atoms with E-state index in [0.717, 1.165) is 18.6 Å². The number of nitrogens with one attached hydrogen (secondary N) is 2. The fourth-order valence-electron chi connectivity index (χ4n) is 2.43. The zero-order valence-electron chi connectivity index (χ0n) is 11.2. The van der Waals surface area contributed by atoms with Crippen LogP contribution < -0.4 is 10.6 Å². The normalized spacial score (nSPS) is 18.0. The van der Waals surface area contributed by atoms with Gasteiger partial charge in [-0.2, -0.15) is 0 Å². The number of carbonyl (C=O) groups is 1. The van der Waals surface area contributed by atoms with Gasteiger partial charge in [-0.25, -0.2) is 4.79 Å². The lowest BCUT2D eigenvalue weighted by Crippen LogP contribution is -2.34. The summed E-state index contributed by atoms with van der Waals surface area (Å²) < 4.78 is 5.36. The average molecular weight is 251 g/mol. The van der Waals surface area contributed by atoms with Crippen molar-refractivity contribution in [2.75, 3.05) is 5.32 Å². The smallest absolute Gasteiger partial charge is 0.320 e. The van der Waals surface area contributed by atoms with Gasteiger partial charge in [0.1, 0.15) is 5.76 Å². The van der Waals surface area contributed by atoms with E-state index < -0.39 is 0 Å². The van der Waals surface area contributed by atoms with Crippen LogP contribution in [0.4, 0.5) is 10.6 Å². The largest absolute Gasteiger partial charge is 0.359 e. The molecule has 2 rings (SSSR count). The van der Waals surface area contributed by atoms with Crippen molar-refractivity contribution in [3.05, 3.63) is 11.8 Å². The first-order chi connectivity index (χ1) is 8.49. The molecule has 100 valence electrons. The maximum absolute atomic E-state index is 11.5. The van der Waals surface area contributed by atoms with E-state index in [2.05, 4.69) is 22.7 Å². The lowest BCUT2D eigenvalue weighted by Gasteiger charge is -2.18. The summed E-state index contributed by atoms with van der Waals surface area (Å²) in [6.45, 7) is 6.01. The molecule has 1 saturated carbocycles. The summed E-state index contributed by atoms with van der Waals surface area (Å²) in [7, 11) is 0. The van der Waals surface area contributed by atoms with Crippen LogP contribution in [0, 0.1) is 0 Å². The molecule has 1 fully saturated rings. The second-order valence-corrected chi connectivity index (χ2v) is 5.60. The number of nitrogens with zero attached hydrogens (tertiary/aromatic N) is 1. The molecule has 1 heterocycles. The van der Waals surface area contributed by atoms with Crippen molar-refractivity contribution >= 4 is 11.8 Å². The fraction of sp³-hybridized carbons (Fsp3) is 0.692. The molecule has 1 aromatic heterocycles. The van der Waals surface area contributed by atoms with Gasteiger partial charge in [-0.05, 0) is 26.7 Å². The molecule has 1 aliphatic rings. The molecule has 0 spiro atoms. The molecule has 0 unspecified atom stereocenters. The minimum atomic E-state index is -0.249. The van der Waals surface area contributed by atoms with Gasteiger partial charge in [-0.15, -0.1) is 0 Å². The van der Waals surface area contributed by atoms with Gasteiger partial charge in [0.2, 0.25) is 0 Å². The molecule has 0 aliphatic heterocycles. The first-order valence-electron chi connectivity index (χ1n) is 6.54. The lowest BCUT2D eigenvalue weighted by molar-refractivity contribution is 0.249. The first kappa shape index (κ1) is 12.9. The highest BCUT2D eigenvalue weighted by atomic mass is 16.5. The van der Waals surface area contributed by atoms with Crippen molar-refractivity contribution in [2.24, 2.45) is 0 Å². The van der Waals surface area contributed by atoms with E-state index in [4.69, 9.17) is 4.52 Å². The Kier molecular flexibility index (Phi) is 3.59. The number of rotatable bonds is 3. The van der Waals surface area contributed by atoms with Crippen LogP contribution in [0.15, 0.2) is 10.6 Å². The van der Waals surface area contributed by atoms with Gasteiger partial charge < -0.3 is 9.84 Å². The van der Waals surface area contributed by atoms with Crippen LogP contribution in [0.2, 0.25) is 0 Å². The number of amides is 2. The van der Waals surface area contributed by atoms with Gasteiger partial charge in [0.25, 0.3) is 0 Å². The molecule has 1 aliphatic carbocycles. The van der Waals surface area contributed by atoms with Gasteiger partial charge >= 0.3 is 6.03 Å². The molecule has 5 nitrogen and oxygen atoms in total. The molecular formula is C13H21N3O2. The Bertz CT molecular complexity index is 420. The zero-order valence-corrected chi connectivity index (χ0v) is 11.2. The van der Waals surface area contributed by atoms with Gasteiger partial charge in [0, 0.05) is 17.5 Å². The molecular weight excluding hydrogens is 230 g/mol. The molecule has 0 bridgehead atoms. The van der Waals surface area contributed by atoms with E-state index in [1.807, 2.05) is 19.9 Å². The number of aromatic nitrogens is 1. The summed E-state index contributed by atoms with van der Waals surface area (Å²) in [4.78, 5) is 11.5. The number of hydrogen-bond acceptors (Lipinski definition) is 3. The standard InChI is InChI=1S/C13H21N3O2/c1-9(2)14-12(17)15-11-8-10(18-16-11)13(3)6-4-5-7-13/h8-9H,4-7H2,1-3H3,(H2,14,15,16,17). The summed E-state index contributed by atoms with van der Waals surface area (Å²) in [5.41, 5.74) is 0.0848. The Morgan fingerprint density at radius 3 is 2.72 bits per heavy atom. The third kappa shape index (κ3) is 2.83. The second-order valence-electron chi connectivity index (χ2n) is 5.60. The van der Waals surface area contributed by atoms with E-state index in [9.17, 15) is 4.79 Å². The maximum Gasteiger partial charge on any atom is 0.320 e. The summed E-state index contributed by atoms with van der Waals surface area (Å²) >= 11 is 0. The third-order valence-corrected chi connectivity index (χ3v) is 3.47. The average Bonchev–Trinajstić information content (AvgIpc) is 2.86. The lowest BCUT2D eigenvalue weighted by atomic mass is 9.86. The Hall–Kier alpha value is -1.52. The molecule has 0 atom stereocenters. The summed E-state index contributed by atoms with van der Waals surface area (Å²) in [5, 5.41) is 9.33. The van der Waals surface area contributed by atoms with E-state index >= 15 is 0 Å².